The lowest BCUT2D eigenvalue weighted by Crippen LogP contribution is -2.39. The molecule has 2 fully saturated rings. The lowest BCUT2D eigenvalue weighted by molar-refractivity contribution is -0.0992. The summed E-state index contributed by atoms with van der Waals surface area (Å²) in [6.07, 6.45) is 3.69. The standard InChI is InChI=1S/C17H19N3O5/c21-10-5-9(18-8-3-1-2-4-8)15(23)14-13(10)19-12-7-24-16-11(22)6-25-17(16)20(12)14/h5,8,11,16-18,22H,1-4,6-7H2/t11-,16-,17+/m1/s1. The lowest BCUT2D eigenvalue weighted by atomic mass is 10.0. The number of hydrogen-bond acceptors (Lipinski definition) is 7. The molecule has 0 spiro atoms. The Kier molecular flexibility index (Phi) is 3.34. The van der Waals surface area contributed by atoms with Gasteiger partial charge in [0.25, 0.3) is 0 Å². The van der Waals surface area contributed by atoms with Gasteiger partial charge in [-0.2, -0.15) is 0 Å². The second-order valence-electron chi connectivity index (χ2n) is 7.04. The van der Waals surface area contributed by atoms with Gasteiger partial charge in [-0.1, -0.05) is 12.8 Å². The number of hydrogen-bond donors (Lipinski definition) is 2. The van der Waals surface area contributed by atoms with Crippen molar-refractivity contribution < 1.29 is 24.2 Å². The fraction of sp³-hybridized carbons (Fsp3) is 0.588. The van der Waals surface area contributed by atoms with Crippen LogP contribution in [0.5, 0.6) is 0 Å². The van der Waals surface area contributed by atoms with Gasteiger partial charge in [-0.3, -0.25) is 14.2 Å². The Balaban J connectivity index is 1.54. The second kappa shape index (κ2) is 5.48. The lowest BCUT2D eigenvalue weighted by Gasteiger charge is -2.29. The van der Waals surface area contributed by atoms with Gasteiger partial charge in [0.1, 0.15) is 36.0 Å². The van der Waals surface area contributed by atoms with Gasteiger partial charge in [0.05, 0.1) is 12.3 Å². The summed E-state index contributed by atoms with van der Waals surface area (Å²) in [6, 6.07) is 0.230. The summed E-state index contributed by atoms with van der Waals surface area (Å²) in [5.74, 6) is -0.0458. The molecule has 0 bridgehead atoms. The number of aromatic nitrogens is 2. The van der Waals surface area contributed by atoms with Crippen molar-refractivity contribution in [2.75, 3.05) is 6.61 Å². The molecule has 5 rings (SSSR count). The number of carbonyl (C=O) groups excluding carboxylic acids is 2. The molecule has 0 amide bonds. The SMILES string of the molecule is O=C1C=C(NC2CCCC2)C(=O)c2c1nc1n2[C@H]2OC[C@@H](O)[C@H]2OC1. The topological polar surface area (TPSA) is 103 Å². The summed E-state index contributed by atoms with van der Waals surface area (Å²) in [6.45, 7) is 0.271. The normalized spacial score (nSPS) is 31.6. The number of ether oxygens (including phenoxy) is 2. The molecule has 3 atom stereocenters. The van der Waals surface area contributed by atoms with Crippen LogP contribution in [0, 0.1) is 0 Å². The van der Waals surface area contributed by atoms with Crippen molar-refractivity contribution in [3.05, 3.63) is 29.0 Å². The van der Waals surface area contributed by atoms with E-state index in [2.05, 4.69) is 10.3 Å². The molecule has 2 aliphatic heterocycles. The first-order chi connectivity index (χ1) is 12.1. The minimum absolute atomic E-state index is 0.132. The van der Waals surface area contributed by atoms with Gasteiger partial charge >= 0.3 is 0 Å². The summed E-state index contributed by atoms with van der Waals surface area (Å²) < 4.78 is 12.9. The van der Waals surface area contributed by atoms with Crippen LogP contribution in [-0.2, 0) is 16.1 Å². The summed E-state index contributed by atoms with van der Waals surface area (Å²) in [5.41, 5.74) is 0.718. The fourth-order valence-corrected chi connectivity index (χ4v) is 4.20. The number of aliphatic hydroxyl groups excluding tert-OH is 1. The molecular weight excluding hydrogens is 326 g/mol. The minimum Gasteiger partial charge on any atom is -0.388 e. The maximum Gasteiger partial charge on any atom is 0.227 e. The Labute approximate surface area is 143 Å². The largest absolute Gasteiger partial charge is 0.388 e. The number of imidazole rings is 1. The highest BCUT2D eigenvalue weighted by molar-refractivity contribution is 6.23. The monoisotopic (exact) mass is 345 g/mol. The first kappa shape index (κ1) is 15.2. The average Bonchev–Trinajstić information content (AvgIpc) is 3.30. The molecule has 2 aliphatic carbocycles. The molecular formula is C17H19N3O5. The molecule has 1 aromatic rings. The molecule has 0 unspecified atom stereocenters. The van der Waals surface area contributed by atoms with E-state index in [-0.39, 0.29) is 42.2 Å². The Morgan fingerprint density at radius 2 is 2.04 bits per heavy atom. The van der Waals surface area contributed by atoms with Crippen molar-refractivity contribution in [1.29, 1.82) is 0 Å². The van der Waals surface area contributed by atoms with Crippen molar-refractivity contribution in [3.63, 3.8) is 0 Å². The number of allylic oxidation sites excluding steroid dienone is 2. The zero-order valence-corrected chi connectivity index (χ0v) is 13.6. The van der Waals surface area contributed by atoms with Gasteiger partial charge in [0.15, 0.2) is 6.23 Å². The summed E-state index contributed by atoms with van der Waals surface area (Å²) >= 11 is 0. The van der Waals surface area contributed by atoms with Crippen LogP contribution in [0.15, 0.2) is 11.8 Å². The number of nitrogens with one attached hydrogen (secondary N) is 1. The third kappa shape index (κ3) is 2.21. The third-order valence-electron chi connectivity index (χ3n) is 5.42. The van der Waals surface area contributed by atoms with E-state index in [1.54, 1.807) is 4.57 Å². The van der Waals surface area contributed by atoms with Crippen LogP contribution in [-0.4, -0.2) is 51.1 Å². The molecule has 8 heteroatoms. The zero-order valence-electron chi connectivity index (χ0n) is 13.6. The van der Waals surface area contributed by atoms with E-state index in [0.717, 1.165) is 25.7 Å². The number of aliphatic hydroxyl groups is 1. The van der Waals surface area contributed by atoms with Crippen LogP contribution >= 0.6 is 0 Å². The minimum atomic E-state index is -0.753. The molecule has 1 saturated carbocycles. The summed E-state index contributed by atoms with van der Waals surface area (Å²) in [4.78, 5) is 29.9. The zero-order chi connectivity index (χ0) is 17.1. The van der Waals surface area contributed by atoms with E-state index in [0.29, 0.717) is 11.5 Å². The van der Waals surface area contributed by atoms with Gasteiger partial charge in [-0.15, -0.1) is 0 Å². The maximum absolute atomic E-state index is 13.1. The van der Waals surface area contributed by atoms with Crippen LogP contribution in [0.25, 0.3) is 0 Å². The van der Waals surface area contributed by atoms with E-state index in [1.165, 1.54) is 6.08 Å². The summed E-state index contributed by atoms with van der Waals surface area (Å²) in [5, 5.41) is 13.2. The van der Waals surface area contributed by atoms with E-state index >= 15 is 0 Å². The Morgan fingerprint density at radius 3 is 2.84 bits per heavy atom. The number of carbonyl (C=O) groups is 2. The predicted octanol–water partition coefficient (Wildman–Crippen LogP) is 0.467. The van der Waals surface area contributed by atoms with E-state index in [4.69, 9.17) is 9.47 Å². The van der Waals surface area contributed by atoms with Crippen molar-refractivity contribution in [2.45, 2.75) is 56.8 Å². The quantitative estimate of drug-likeness (QED) is 0.803. The number of fused-ring (bicyclic) bond motifs is 5. The molecule has 3 heterocycles. The molecule has 0 aromatic carbocycles. The molecule has 2 N–H and O–H groups in total. The van der Waals surface area contributed by atoms with Gasteiger partial charge in [0.2, 0.25) is 11.6 Å². The van der Waals surface area contributed by atoms with Crippen LogP contribution in [0.1, 0.15) is 58.7 Å². The van der Waals surface area contributed by atoms with Gasteiger partial charge < -0.3 is 19.9 Å². The van der Waals surface area contributed by atoms with Crippen molar-refractivity contribution >= 4 is 11.6 Å². The van der Waals surface area contributed by atoms with Gasteiger partial charge in [-0.25, -0.2) is 4.98 Å². The molecule has 8 nitrogen and oxygen atoms in total. The molecule has 4 aliphatic rings. The second-order valence-corrected chi connectivity index (χ2v) is 7.04. The Bertz CT molecular complexity index is 792. The highest BCUT2D eigenvalue weighted by Crippen LogP contribution is 2.37. The highest BCUT2D eigenvalue weighted by atomic mass is 16.6. The average molecular weight is 345 g/mol. The van der Waals surface area contributed by atoms with E-state index in [9.17, 15) is 14.7 Å². The van der Waals surface area contributed by atoms with E-state index in [1.807, 2.05) is 0 Å². The number of rotatable bonds is 2. The Hall–Kier alpha value is -2.03. The number of ketones is 2. The third-order valence-corrected chi connectivity index (χ3v) is 5.42. The first-order valence-corrected chi connectivity index (χ1v) is 8.73. The number of Topliss-reactive ketones (excluding diaryl/α,β-unsaturated/α-hetero) is 1. The smallest absolute Gasteiger partial charge is 0.227 e. The van der Waals surface area contributed by atoms with E-state index < -0.39 is 18.4 Å². The predicted molar refractivity (Wildman–Crippen MR) is 83.9 cm³/mol. The number of nitrogens with zero attached hydrogens (tertiary/aromatic N) is 2. The molecule has 0 radical (unpaired) electrons. The van der Waals surface area contributed by atoms with Gasteiger partial charge in [0, 0.05) is 12.1 Å². The van der Waals surface area contributed by atoms with Gasteiger partial charge in [-0.05, 0) is 12.8 Å². The maximum atomic E-state index is 13.1. The van der Waals surface area contributed by atoms with Crippen LogP contribution < -0.4 is 5.32 Å². The summed E-state index contributed by atoms with van der Waals surface area (Å²) in [7, 11) is 0. The molecule has 1 aromatic heterocycles. The molecule has 1 saturated heterocycles. The van der Waals surface area contributed by atoms with Crippen LogP contribution in [0.2, 0.25) is 0 Å². The molecule has 25 heavy (non-hydrogen) atoms. The van der Waals surface area contributed by atoms with Crippen molar-refractivity contribution in [3.8, 4) is 0 Å². The van der Waals surface area contributed by atoms with Crippen molar-refractivity contribution in [1.82, 2.24) is 14.9 Å². The highest BCUT2D eigenvalue weighted by Gasteiger charge is 2.46. The Morgan fingerprint density at radius 1 is 1.24 bits per heavy atom. The van der Waals surface area contributed by atoms with Crippen LogP contribution in [0.3, 0.4) is 0 Å². The molecule has 132 valence electrons. The first-order valence-electron chi connectivity index (χ1n) is 8.73. The fourth-order valence-electron chi connectivity index (χ4n) is 4.20. The van der Waals surface area contributed by atoms with Crippen molar-refractivity contribution in [2.24, 2.45) is 0 Å². The van der Waals surface area contributed by atoms with Crippen LogP contribution in [0.4, 0.5) is 0 Å².